The summed E-state index contributed by atoms with van der Waals surface area (Å²) in [7, 11) is 1.85. The van der Waals surface area contributed by atoms with Crippen molar-refractivity contribution in [1.29, 1.82) is 0 Å². The number of furan rings is 1. The Bertz CT molecular complexity index is 1480. The molecule has 1 unspecified atom stereocenters. The molecule has 1 aliphatic carbocycles. The number of urea groups is 1. The van der Waals surface area contributed by atoms with Crippen molar-refractivity contribution in [2.45, 2.75) is 63.1 Å². The van der Waals surface area contributed by atoms with Crippen LogP contribution in [-0.2, 0) is 9.59 Å². The lowest BCUT2D eigenvalue weighted by molar-refractivity contribution is -0.142. The molecule has 10 nitrogen and oxygen atoms in total. The van der Waals surface area contributed by atoms with Crippen LogP contribution in [-0.4, -0.2) is 72.5 Å². The lowest BCUT2D eigenvalue weighted by Gasteiger charge is -2.31. The van der Waals surface area contributed by atoms with Crippen molar-refractivity contribution in [3.8, 4) is 5.75 Å². The van der Waals surface area contributed by atoms with E-state index in [1.54, 1.807) is 29.4 Å². The van der Waals surface area contributed by atoms with Gasteiger partial charge in [0.05, 0.1) is 18.4 Å². The summed E-state index contributed by atoms with van der Waals surface area (Å²) < 4.78 is 11.3. The number of nitrogens with one attached hydrogen (secondary N) is 2. The van der Waals surface area contributed by atoms with E-state index < -0.39 is 6.04 Å². The van der Waals surface area contributed by atoms with Crippen molar-refractivity contribution in [2.75, 3.05) is 42.2 Å². The van der Waals surface area contributed by atoms with E-state index in [9.17, 15) is 14.4 Å². The van der Waals surface area contributed by atoms with Crippen LogP contribution in [0.3, 0.4) is 0 Å². The molecule has 0 radical (unpaired) electrons. The summed E-state index contributed by atoms with van der Waals surface area (Å²) in [6, 6.07) is 18.0. The Labute approximate surface area is 264 Å². The zero-order chi connectivity index (χ0) is 31.2. The summed E-state index contributed by atoms with van der Waals surface area (Å²) in [4.78, 5) is 44.7. The van der Waals surface area contributed by atoms with E-state index in [-0.39, 0.29) is 23.9 Å². The van der Waals surface area contributed by atoms with Crippen LogP contribution in [0.25, 0.3) is 6.08 Å². The van der Waals surface area contributed by atoms with E-state index >= 15 is 0 Å². The maximum atomic E-state index is 13.5. The molecule has 3 aliphatic rings. The zero-order valence-electron chi connectivity index (χ0n) is 25.7. The van der Waals surface area contributed by atoms with Crippen molar-refractivity contribution in [3.05, 3.63) is 78.8 Å². The van der Waals surface area contributed by atoms with Gasteiger partial charge in [0.2, 0.25) is 11.8 Å². The summed E-state index contributed by atoms with van der Waals surface area (Å²) >= 11 is 0. The number of carbonyl (C=O) groups is 3. The van der Waals surface area contributed by atoms with Crippen LogP contribution < -0.4 is 20.3 Å². The van der Waals surface area contributed by atoms with Gasteiger partial charge in [-0.05, 0) is 112 Å². The fraction of sp³-hybridized carbons (Fsp3) is 0.400. The van der Waals surface area contributed by atoms with Crippen molar-refractivity contribution in [1.82, 2.24) is 9.80 Å². The number of likely N-dealkylation sites (N-methyl/N-ethyl adjacent to an activating group) is 1. The summed E-state index contributed by atoms with van der Waals surface area (Å²) in [6.45, 7) is 2.09. The number of ether oxygens (including phenoxy) is 1. The number of benzene rings is 2. The summed E-state index contributed by atoms with van der Waals surface area (Å²) in [5.41, 5.74) is 2.41. The van der Waals surface area contributed by atoms with Crippen molar-refractivity contribution in [2.24, 2.45) is 0 Å². The second-order valence-electron chi connectivity index (χ2n) is 12.1. The van der Waals surface area contributed by atoms with Crippen LogP contribution in [0.5, 0.6) is 5.75 Å². The predicted molar refractivity (Wildman–Crippen MR) is 174 cm³/mol. The molecule has 2 atom stereocenters. The van der Waals surface area contributed by atoms with Crippen molar-refractivity contribution < 1.29 is 23.5 Å². The van der Waals surface area contributed by atoms with Gasteiger partial charge in [-0.3, -0.25) is 9.59 Å². The second-order valence-corrected chi connectivity index (χ2v) is 12.1. The Morgan fingerprint density at radius 3 is 2.29 bits per heavy atom. The first-order valence-corrected chi connectivity index (χ1v) is 15.9. The molecule has 3 fully saturated rings. The number of hydrogen-bond acceptors (Lipinski definition) is 6. The van der Waals surface area contributed by atoms with Gasteiger partial charge in [-0.15, -0.1) is 0 Å². The van der Waals surface area contributed by atoms with Crippen LogP contribution in [0.15, 0.2) is 77.4 Å². The van der Waals surface area contributed by atoms with Crippen molar-refractivity contribution >= 4 is 41.0 Å². The standard InChI is InChI=1S/C35H41N5O5/c1-38(34(42)32-9-4-21-40(32)33(41)19-18-29-8-5-23-44-29)28-20-22-39(24-28)27-14-10-25(11-15-27)36-35(43)37-26-12-16-31(17-13-26)45-30-6-2-3-7-30/h5,8,10-19,23,28,30,32H,2-4,6-7,9,20-22,24H2,1H3,(H2,36,37,43)/t28?,32-/m1/s1. The molecule has 3 heterocycles. The Morgan fingerprint density at radius 2 is 1.60 bits per heavy atom. The lowest BCUT2D eigenvalue weighted by Crippen LogP contribution is -2.49. The first-order valence-electron chi connectivity index (χ1n) is 15.9. The summed E-state index contributed by atoms with van der Waals surface area (Å²) in [5, 5.41) is 5.76. The lowest BCUT2D eigenvalue weighted by atomic mass is 10.1. The summed E-state index contributed by atoms with van der Waals surface area (Å²) in [5.74, 6) is 1.24. The highest BCUT2D eigenvalue weighted by molar-refractivity contribution is 6.00. The van der Waals surface area contributed by atoms with Gasteiger partial charge >= 0.3 is 6.03 Å². The SMILES string of the molecule is CN(C(=O)[C@H]1CCCN1C(=O)C=Cc1ccco1)C1CCN(c2ccc(NC(=O)Nc3ccc(OC4CCCC4)cc3)cc2)C1. The molecule has 3 aromatic rings. The topological polar surface area (TPSA) is 107 Å². The average molecular weight is 612 g/mol. The number of nitrogens with zero attached hydrogens (tertiary/aromatic N) is 3. The van der Waals surface area contributed by atoms with Gasteiger partial charge in [0.25, 0.3) is 0 Å². The van der Waals surface area contributed by atoms with Crippen molar-refractivity contribution in [3.63, 3.8) is 0 Å². The predicted octanol–water partition coefficient (Wildman–Crippen LogP) is 5.99. The Kier molecular flexibility index (Phi) is 9.38. The van der Waals surface area contributed by atoms with Gasteiger partial charge in [-0.1, -0.05) is 0 Å². The largest absolute Gasteiger partial charge is 0.490 e. The maximum absolute atomic E-state index is 13.5. The zero-order valence-corrected chi connectivity index (χ0v) is 25.7. The fourth-order valence-electron chi connectivity index (χ4n) is 6.49. The van der Waals surface area contributed by atoms with Gasteiger partial charge in [0.15, 0.2) is 0 Å². The molecular weight excluding hydrogens is 570 g/mol. The van der Waals surface area contributed by atoms with Crippen LogP contribution in [0, 0.1) is 0 Å². The molecule has 2 saturated heterocycles. The third-order valence-corrected chi connectivity index (χ3v) is 9.02. The van der Waals surface area contributed by atoms with E-state index in [0.717, 1.165) is 43.7 Å². The number of likely N-dealkylation sites (tertiary alicyclic amines) is 1. The van der Waals surface area contributed by atoms with E-state index in [0.29, 0.717) is 42.7 Å². The van der Waals surface area contributed by atoms with Gasteiger partial charge in [-0.25, -0.2) is 4.79 Å². The quantitative estimate of drug-likeness (QED) is 0.288. The number of amides is 4. The van der Waals surface area contributed by atoms with E-state index in [1.165, 1.54) is 18.9 Å². The molecule has 1 aromatic heterocycles. The van der Waals surface area contributed by atoms with E-state index in [1.807, 2.05) is 60.5 Å². The number of anilines is 3. The minimum atomic E-state index is -0.447. The van der Waals surface area contributed by atoms with Gasteiger partial charge in [0.1, 0.15) is 17.6 Å². The monoisotopic (exact) mass is 611 g/mol. The third kappa shape index (κ3) is 7.50. The number of rotatable bonds is 9. The van der Waals surface area contributed by atoms with Crippen LogP contribution in [0.4, 0.5) is 21.9 Å². The highest BCUT2D eigenvalue weighted by atomic mass is 16.5. The molecule has 6 rings (SSSR count). The van der Waals surface area contributed by atoms with E-state index in [4.69, 9.17) is 9.15 Å². The number of carbonyl (C=O) groups excluding carboxylic acids is 3. The molecular formula is C35H41N5O5. The molecule has 0 spiro atoms. The third-order valence-electron chi connectivity index (χ3n) is 9.02. The molecule has 2 aliphatic heterocycles. The molecule has 236 valence electrons. The molecule has 4 amide bonds. The van der Waals surface area contributed by atoms with E-state index in [2.05, 4.69) is 15.5 Å². The molecule has 0 bridgehead atoms. The maximum Gasteiger partial charge on any atom is 0.323 e. The number of hydrogen-bond donors (Lipinski definition) is 2. The van der Waals surface area contributed by atoms with Crippen LogP contribution in [0.1, 0.15) is 50.7 Å². The molecule has 2 aromatic carbocycles. The first-order chi connectivity index (χ1) is 21.9. The van der Waals surface area contributed by atoms with Gasteiger partial charge in [0, 0.05) is 49.8 Å². The average Bonchev–Trinajstić information content (AvgIpc) is 3.88. The Balaban J connectivity index is 0.973. The normalized spacial score (nSPS) is 20.1. The minimum Gasteiger partial charge on any atom is -0.490 e. The molecule has 2 N–H and O–H groups in total. The summed E-state index contributed by atoms with van der Waals surface area (Å²) in [6.07, 6.45) is 11.9. The Morgan fingerprint density at radius 1 is 0.889 bits per heavy atom. The fourth-order valence-corrected chi connectivity index (χ4v) is 6.49. The molecule has 10 heteroatoms. The minimum absolute atomic E-state index is 0.0133. The highest BCUT2D eigenvalue weighted by Crippen LogP contribution is 2.28. The Hall–Kier alpha value is -4.73. The molecule has 1 saturated carbocycles. The van der Waals surface area contributed by atoms with Gasteiger partial charge in [-0.2, -0.15) is 0 Å². The second kappa shape index (κ2) is 13.9. The smallest absolute Gasteiger partial charge is 0.323 e. The van der Waals surface area contributed by atoms with Crippen LogP contribution in [0.2, 0.25) is 0 Å². The van der Waals surface area contributed by atoms with Gasteiger partial charge < -0.3 is 34.5 Å². The highest BCUT2D eigenvalue weighted by Gasteiger charge is 2.38. The van der Waals surface area contributed by atoms with Crippen LogP contribution >= 0.6 is 0 Å². The molecule has 45 heavy (non-hydrogen) atoms. The first kappa shape index (κ1) is 30.3.